The second-order valence-corrected chi connectivity index (χ2v) is 8.82. The van der Waals surface area contributed by atoms with Crippen molar-refractivity contribution in [3.8, 4) is 11.5 Å². The van der Waals surface area contributed by atoms with Gasteiger partial charge in [0.05, 0.1) is 7.11 Å². The summed E-state index contributed by atoms with van der Waals surface area (Å²) >= 11 is 0. The van der Waals surface area contributed by atoms with Crippen molar-refractivity contribution in [2.24, 2.45) is 0 Å². The summed E-state index contributed by atoms with van der Waals surface area (Å²) in [7, 11) is 1.60. The van der Waals surface area contributed by atoms with Crippen LogP contribution in [0.15, 0.2) is 42.5 Å². The first-order chi connectivity index (χ1) is 14.5. The van der Waals surface area contributed by atoms with Gasteiger partial charge >= 0.3 is 0 Å². The maximum atomic E-state index is 13.1. The highest BCUT2D eigenvalue weighted by atomic mass is 16.5. The summed E-state index contributed by atoms with van der Waals surface area (Å²) in [5, 5.41) is 2.95. The Labute approximate surface area is 185 Å². The van der Waals surface area contributed by atoms with Crippen molar-refractivity contribution in [1.82, 2.24) is 10.2 Å². The van der Waals surface area contributed by atoms with Crippen molar-refractivity contribution < 1.29 is 19.1 Å². The quantitative estimate of drug-likeness (QED) is 0.692. The van der Waals surface area contributed by atoms with Crippen molar-refractivity contribution in [2.45, 2.75) is 59.7 Å². The molecule has 2 rings (SSSR count). The van der Waals surface area contributed by atoms with E-state index in [4.69, 9.17) is 9.47 Å². The molecule has 31 heavy (non-hydrogen) atoms. The molecule has 1 N–H and O–H groups in total. The maximum absolute atomic E-state index is 13.1. The topological polar surface area (TPSA) is 67.9 Å². The predicted octanol–water partition coefficient (Wildman–Crippen LogP) is 4.02. The summed E-state index contributed by atoms with van der Waals surface area (Å²) in [6, 6.07) is 12.5. The number of amides is 2. The first-order valence-corrected chi connectivity index (χ1v) is 10.4. The van der Waals surface area contributed by atoms with E-state index in [1.54, 1.807) is 14.0 Å². The third-order valence-electron chi connectivity index (χ3n) is 4.99. The number of methoxy groups -OCH3 is 1. The van der Waals surface area contributed by atoms with Crippen LogP contribution in [0, 0.1) is 13.8 Å². The van der Waals surface area contributed by atoms with E-state index in [1.807, 2.05) is 77.1 Å². The number of hydrogen-bond donors (Lipinski definition) is 1. The Morgan fingerprint density at radius 3 is 2.35 bits per heavy atom. The summed E-state index contributed by atoms with van der Waals surface area (Å²) in [5.41, 5.74) is 2.72. The zero-order chi connectivity index (χ0) is 23.2. The Morgan fingerprint density at radius 1 is 1.03 bits per heavy atom. The van der Waals surface area contributed by atoms with E-state index < -0.39 is 11.6 Å². The zero-order valence-electron chi connectivity index (χ0n) is 19.6. The van der Waals surface area contributed by atoms with Crippen molar-refractivity contribution in [3.05, 3.63) is 59.2 Å². The maximum Gasteiger partial charge on any atom is 0.261 e. The Hall–Kier alpha value is -3.02. The largest absolute Gasteiger partial charge is 0.497 e. The average molecular weight is 427 g/mol. The highest BCUT2D eigenvalue weighted by Crippen LogP contribution is 2.19. The summed E-state index contributed by atoms with van der Waals surface area (Å²) in [5.74, 6) is 0.847. The lowest BCUT2D eigenvalue weighted by atomic mass is 10.1. The fraction of sp³-hybridized carbons (Fsp3) is 0.440. The van der Waals surface area contributed by atoms with E-state index in [-0.39, 0.29) is 25.0 Å². The molecule has 0 saturated carbocycles. The molecule has 0 saturated heterocycles. The minimum atomic E-state index is -0.665. The van der Waals surface area contributed by atoms with Gasteiger partial charge in [-0.25, -0.2) is 0 Å². The molecule has 0 aliphatic heterocycles. The third-order valence-corrected chi connectivity index (χ3v) is 4.99. The van der Waals surface area contributed by atoms with Crippen molar-refractivity contribution in [2.75, 3.05) is 13.7 Å². The molecule has 0 radical (unpaired) electrons. The number of hydrogen-bond acceptors (Lipinski definition) is 4. The van der Waals surface area contributed by atoms with Crippen LogP contribution in [0.5, 0.6) is 11.5 Å². The van der Waals surface area contributed by atoms with Gasteiger partial charge in [0.25, 0.3) is 5.91 Å². The van der Waals surface area contributed by atoms with E-state index in [0.29, 0.717) is 11.5 Å². The Kier molecular flexibility index (Phi) is 8.08. The highest BCUT2D eigenvalue weighted by molar-refractivity contribution is 5.88. The monoisotopic (exact) mass is 426 g/mol. The zero-order valence-corrected chi connectivity index (χ0v) is 19.6. The van der Waals surface area contributed by atoms with Crippen LogP contribution in [-0.4, -0.2) is 42.0 Å². The number of aryl methyl sites for hydroxylation is 2. The fourth-order valence-corrected chi connectivity index (χ4v) is 3.06. The van der Waals surface area contributed by atoms with Gasteiger partial charge in [-0.05, 0) is 82.5 Å². The number of nitrogens with zero attached hydrogens (tertiary/aromatic N) is 1. The molecule has 0 aromatic heterocycles. The molecule has 1 atom stereocenters. The van der Waals surface area contributed by atoms with Crippen LogP contribution >= 0.6 is 0 Å². The molecule has 0 spiro atoms. The lowest BCUT2D eigenvalue weighted by Crippen LogP contribution is -2.53. The number of rotatable bonds is 8. The van der Waals surface area contributed by atoms with Crippen LogP contribution in [-0.2, 0) is 16.1 Å². The molecule has 2 aromatic carbocycles. The number of ether oxygens (including phenoxy) is 2. The van der Waals surface area contributed by atoms with Gasteiger partial charge in [-0.15, -0.1) is 0 Å². The van der Waals surface area contributed by atoms with Gasteiger partial charge in [-0.3, -0.25) is 9.59 Å². The minimum Gasteiger partial charge on any atom is -0.497 e. The Morgan fingerprint density at radius 2 is 1.74 bits per heavy atom. The van der Waals surface area contributed by atoms with E-state index in [0.717, 1.165) is 16.7 Å². The van der Waals surface area contributed by atoms with Crippen molar-refractivity contribution in [1.29, 1.82) is 0 Å². The van der Waals surface area contributed by atoms with Crippen LogP contribution in [0.4, 0.5) is 0 Å². The fourth-order valence-electron chi connectivity index (χ4n) is 3.06. The molecule has 168 valence electrons. The first-order valence-electron chi connectivity index (χ1n) is 10.4. The summed E-state index contributed by atoms with van der Waals surface area (Å²) < 4.78 is 11.0. The molecule has 0 bridgehead atoms. The molecule has 6 heteroatoms. The molecular formula is C25H34N2O4. The molecule has 2 amide bonds. The summed E-state index contributed by atoms with van der Waals surface area (Å²) in [6.07, 6.45) is 0. The second-order valence-electron chi connectivity index (χ2n) is 8.82. The highest BCUT2D eigenvalue weighted by Gasteiger charge is 2.28. The average Bonchev–Trinajstić information content (AvgIpc) is 2.71. The molecule has 0 aliphatic carbocycles. The summed E-state index contributed by atoms with van der Waals surface area (Å²) in [6.45, 7) is 11.6. The Balaban J connectivity index is 2.20. The Bertz CT molecular complexity index is 918. The van der Waals surface area contributed by atoms with Gasteiger partial charge < -0.3 is 19.7 Å². The summed E-state index contributed by atoms with van der Waals surface area (Å²) in [4.78, 5) is 27.5. The molecule has 6 nitrogen and oxygen atoms in total. The van der Waals surface area contributed by atoms with Crippen LogP contribution < -0.4 is 14.8 Å². The van der Waals surface area contributed by atoms with Crippen molar-refractivity contribution in [3.63, 3.8) is 0 Å². The normalized spacial score (nSPS) is 12.1. The van der Waals surface area contributed by atoms with Gasteiger partial charge in [0.2, 0.25) is 5.91 Å². The van der Waals surface area contributed by atoms with E-state index >= 15 is 0 Å². The number of carbonyl (C=O) groups excluding carboxylic acids is 2. The predicted molar refractivity (Wildman–Crippen MR) is 122 cm³/mol. The van der Waals surface area contributed by atoms with Crippen LogP contribution in [0.1, 0.15) is 44.4 Å². The van der Waals surface area contributed by atoms with Gasteiger partial charge in [0.15, 0.2) is 6.61 Å². The molecule has 0 aliphatic rings. The van der Waals surface area contributed by atoms with Gasteiger partial charge in [-0.1, -0.05) is 18.2 Å². The smallest absolute Gasteiger partial charge is 0.261 e. The van der Waals surface area contributed by atoms with Crippen molar-refractivity contribution >= 4 is 11.8 Å². The van der Waals surface area contributed by atoms with E-state index in [2.05, 4.69) is 5.32 Å². The standard InChI is InChI=1S/C25H34N2O4/c1-17-11-12-22(13-18(17)2)31-16-23(28)27(19(3)24(29)26-25(4,5)6)15-20-9-8-10-21(14-20)30-7/h8-14,19H,15-16H2,1-7H3,(H,26,29)/t19-/m1/s1. The SMILES string of the molecule is COc1cccc(CN(C(=O)COc2ccc(C)c(C)c2)[C@H](C)C(=O)NC(C)(C)C)c1. The lowest BCUT2D eigenvalue weighted by Gasteiger charge is -2.31. The van der Waals surface area contributed by atoms with Gasteiger partial charge in [0, 0.05) is 12.1 Å². The van der Waals surface area contributed by atoms with Crippen LogP contribution in [0.25, 0.3) is 0 Å². The molecule has 0 unspecified atom stereocenters. The van der Waals surface area contributed by atoms with Crippen LogP contribution in [0.3, 0.4) is 0 Å². The number of carbonyl (C=O) groups is 2. The number of nitrogens with one attached hydrogen (secondary N) is 1. The molecule has 0 heterocycles. The van der Waals surface area contributed by atoms with E-state index in [9.17, 15) is 9.59 Å². The molecule has 0 fully saturated rings. The minimum absolute atomic E-state index is 0.153. The molecule has 2 aromatic rings. The van der Waals surface area contributed by atoms with Gasteiger partial charge in [0.1, 0.15) is 17.5 Å². The van der Waals surface area contributed by atoms with Gasteiger partial charge in [-0.2, -0.15) is 0 Å². The molecular weight excluding hydrogens is 392 g/mol. The third kappa shape index (κ3) is 7.31. The number of benzene rings is 2. The van der Waals surface area contributed by atoms with Crippen LogP contribution in [0.2, 0.25) is 0 Å². The first kappa shape index (κ1) is 24.3. The lowest BCUT2D eigenvalue weighted by molar-refractivity contribution is -0.142. The van der Waals surface area contributed by atoms with E-state index in [1.165, 1.54) is 4.90 Å². The second kappa shape index (κ2) is 10.3.